The molecule has 0 aromatic carbocycles. The molecule has 0 aliphatic heterocycles. The molecule has 1 aromatic rings. The molecule has 0 aliphatic rings. The molecule has 0 spiro atoms. The highest BCUT2D eigenvalue weighted by molar-refractivity contribution is 7.09. The van der Waals surface area contributed by atoms with Crippen LogP contribution in [0.15, 0.2) is 17.5 Å². The van der Waals surface area contributed by atoms with Crippen molar-refractivity contribution in [2.45, 2.75) is 6.42 Å². The third-order valence-electron chi connectivity index (χ3n) is 1.77. The van der Waals surface area contributed by atoms with Gasteiger partial charge >= 0.3 is 11.8 Å². The van der Waals surface area contributed by atoms with Gasteiger partial charge in [0.2, 0.25) is 0 Å². The molecule has 0 saturated heterocycles. The number of rotatable bonds is 4. The van der Waals surface area contributed by atoms with E-state index in [1.807, 2.05) is 17.5 Å². The van der Waals surface area contributed by atoms with Crippen LogP contribution in [0.2, 0.25) is 0 Å². The predicted molar refractivity (Wildman–Crippen MR) is 59.7 cm³/mol. The van der Waals surface area contributed by atoms with Crippen molar-refractivity contribution in [3.05, 3.63) is 22.4 Å². The summed E-state index contributed by atoms with van der Waals surface area (Å²) in [6, 6.07) is 5.62. The molecule has 0 bridgehead atoms. The van der Waals surface area contributed by atoms with Crippen LogP contribution in [-0.2, 0) is 16.0 Å². The van der Waals surface area contributed by atoms with Gasteiger partial charge in [-0.3, -0.25) is 9.59 Å². The van der Waals surface area contributed by atoms with Crippen LogP contribution in [0.1, 0.15) is 4.88 Å². The van der Waals surface area contributed by atoms with E-state index in [9.17, 15) is 9.59 Å². The summed E-state index contributed by atoms with van der Waals surface area (Å²) in [5.41, 5.74) is 0. The molecular weight excluding hydrogens is 226 g/mol. The van der Waals surface area contributed by atoms with Gasteiger partial charge in [-0.05, 0) is 17.9 Å². The van der Waals surface area contributed by atoms with E-state index in [-0.39, 0.29) is 6.54 Å². The monoisotopic (exact) mass is 237 g/mol. The minimum atomic E-state index is -0.771. The predicted octanol–water partition coefficient (Wildman–Crippen LogP) is 0.0466. The lowest BCUT2D eigenvalue weighted by atomic mass is 10.3. The average Bonchev–Trinajstić information content (AvgIpc) is 2.78. The Balaban J connectivity index is 2.20. The molecule has 5 nitrogen and oxygen atoms in total. The van der Waals surface area contributed by atoms with Crippen LogP contribution in [0.3, 0.4) is 0 Å². The largest absolute Gasteiger partial charge is 0.347 e. The lowest BCUT2D eigenvalue weighted by Gasteiger charge is -2.02. The van der Waals surface area contributed by atoms with E-state index < -0.39 is 11.8 Å². The number of hydrogen-bond acceptors (Lipinski definition) is 4. The Hall–Kier alpha value is -1.87. The summed E-state index contributed by atoms with van der Waals surface area (Å²) >= 11 is 1.60. The minimum Gasteiger partial charge on any atom is -0.347 e. The number of nitriles is 1. The summed E-state index contributed by atoms with van der Waals surface area (Å²) < 4.78 is 0. The first-order valence-electron chi connectivity index (χ1n) is 4.69. The number of amides is 2. The van der Waals surface area contributed by atoms with E-state index >= 15 is 0 Å². The van der Waals surface area contributed by atoms with Crippen LogP contribution in [0.5, 0.6) is 0 Å². The Kier molecular flexibility index (Phi) is 5.02. The molecule has 16 heavy (non-hydrogen) atoms. The quantitative estimate of drug-likeness (QED) is 0.573. The first kappa shape index (κ1) is 12.2. The van der Waals surface area contributed by atoms with Crippen molar-refractivity contribution in [3.8, 4) is 6.07 Å². The fraction of sp³-hybridized carbons (Fsp3) is 0.300. The minimum absolute atomic E-state index is 0.156. The van der Waals surface area contributed by atoms with Crippen molar-refractivity contribution in [2.24, 2.45) is 0 Å². The number of thiophene rings is 1. The van der Waals surface area contributed by atoms with E-state index in [0.29, 0.717) is 13.0 Å². The first-order chi connectivity index (χ1) is 7.74. The maximum absolute atomic E-state index is 11.1. The Bertz CT molecular complexity index is 395. The van der Waals surface area contributed by atoms with Crippen LogP contribution in [0.25, 0.3) is 0 Å². The maximum atomic E-state index is 11.1. The molecule has 0 radical (unpaired) electrons. The molecule has 0 aliphatic carbocycles. The summed E-state index contributed by atoms with van der Waals surface area (Å²) in [4.78, 5) is 23.3. The van der Waals surface area contributed by atoms with Crippen LogP contribution in [0, 0.1) is 11.3 Å². The lowest BCUT2D eigenvalue weighted by Crippen LogP contribution is -2.40. The van der Waals surface area contributed by atoms with Gasteiger partial charge in [-0.25, -0.2) is 0 Å². The van der Waals surface area contributed by atoms with Crippen LogP contribution < -0.4 is 10.6 Å². The van der Waals surface area contributed by atoms with Crippen molar-refractivity contribution in [1.82, 2.24) is 10.6 Å². The van der Waals surface area contributed by atoms with Crippen LogP contribution >= 0.6 is 11.3 Å². The smallest absolute Gasteiger partial charge is 0.310 e. The number of nitrogens with zero attached hydrogens (tertiary/aromatic N) is 1. The average molecular weight is 237 g/mol. The summed E-state index contributed by atoms with van der Waals surface area (Å²) in [6.45, 7) is 0.260. The molecule has 84 valence electrons. The molecule has 6 heteroatoms. The number of carbonyl (C=O) groups is 2. The highest BCUT2D eigenvalue weighted by Gasteiger charge is 2.11. The summed E-state index contributed by atoms with van der Waals surface area (Å²) in [5.74, 6) is -1.47. The van der Waals surface area contributed by atoms with E-state index in [1.165, 1.54) is 0 Å². The molecule has 1 rings (SSSR count). The fourth-order valence-electron chi connectivity index (χ4n) is 1.03. The van der Waals surface area contributed by atoms with E-state index in [0.717, 1.165) is 4.88 Å². The Morgan fingerprint density at radius 2 is 2.12 bits per heavy atom. The molecule has 1 aromatic heterocycles. The number of hydrogen-bond donors (Lipinski definition) is 2. The zero-order valence-corrected chi connectivity index (χ0v) is 9.34. The second-order valence-corrected chi connectivity index (χ2v) is 3.96. The van der Waals surface area contributed by atoms with Gasteiger partial charge in [0.1, 0.15) is 6.54 Å². The first-order valence-corrected chi connectivity index (χ1v) is 5.57. The maximum Gasteiger partial charge on any atom is 0.310 e. The fourth-order valence-corrected chi connectivity index (χ4v) is 1.74. The SMILES string of the molecule is N#CCNC(=O)C(=O)NCCc1cccs1. The summed E-state index contributed by atoms with van der Waals surface area (Å²) in [7, 11) is 0. The normalized spacial score (nSPS) is 9.19. The van der Waals surface area contributed by atoms with Gasteiger partial charge in [0, 0.05) is 11.4 Å². The zero-order valence-electron chi connectivity index (χ0n) is 8.53. The second kappa shape index (κ2) is 6.58. The van der Waals surface area contributed by atoms with Crippen molar-refractivity contribution >= 4 is 23.2 Å². The van der Waals surface area contributed by atoms with E-state index in [4.69, 9.17) is 5.26 Å². The van der Waals surface area contributed by atoms with Crippen molar-refractivity contribution in [1.29, 1.82) is 5.26 Å². The molecule has 0 atom stereocenters. The highest BCUT2D eigenvalue weighted by atomic mass is 32.1. The van der Waals surface area contributed by atoms with Gasteiger partial charge < -0.3 is 10.6 Å². The van der Waals surface area contributed by atoms with Gasteiger partial charge in [0.15, 0.2) is 0 Å². The zero-order chi connectivity index (χ0) is 11.8. The van der Waals surface area contributed by atoms with E-state index in [1.54, 1.807) is 17.4 Å². The molecule has 2 amide bonds. The van der Waals surface area contributed by atoms with Gasteiger partial charge in [-0.1, -0.05) is 6.07 Å². The van der Waals surface area contributed by atoms with Crippen molar-refractivity contribution < 1.29 is 9.59 Å². The van der Waals surface area contributed by atoms with Gasteiger partial charge in [-0.2, -0.15) is 5.26 Å². The third-order valence-corrected chi connectivity index (χ3v) is 2.71. The summed E-state index contributed by atoms with van der Waals surface area (Å²) in [5, 5.41) is 14.8. The third kappa shape index (κ3) is 4.11. The topological polar surface area (TPSA) is 82.0 Å². The highest BCUT2D eigenvalue weighted by Crippen LogP contribution is 2.07. The second-order valence-electron chi connectivity index (χ2n) is 2.93. The standard InChI is InChI=1S/C10H11N3O2S/c11-4-6-13-10(15)9(14)12-5-3-8-2-1-7-16-8/h1-2,7H,3,5-6H2,(H,12,14)(H,13,15). The van der Waals surface area contributed by atoms with Crippen molar-refractivity contribution in [3.63, 3.8) is 0 Å². The molecule has 2 N–H and O–H groups in total. The summed E-state index contributed by atoms with van der Waals surface area (Å²) in [6.07, 6.45) is 0.703. The number of carbonyl (C=O) groups excluding carboxylic acids is 2. The van der Waals surface area contributed by atoms with Gasteiger partial charge in [0.05, 0.1) is 6.07 Å². The molecule has 0 unspecified atom stereocenters. The lowest BCUT2D eigenvalue weighted by molar-refractivity contribution is -0.139. The van der Waals surface area contributed by atoms with Crippen LogP contribution in [-0.4, -0.2) is 24.9 Å². The van der Waals surface area contributed by atoms with Crippen LogP contribution in [0.4, 0.5) is 0 Å². The molecule has 0 saturated carbocycles. The van der Waals surface area contributed by atoms with E-state index in [2.05, 4.69) is 10.6 Å². The van der Waals surface area contributed by atoms with Crippen molar-refractivity contribution in [2.75, 3.05) is 13.1 Å². The number of nitrogens with one attached hydrogen (secondary N) is 2. The Morgan fingerprint density at radius 3 is 2.75 bits per heavy atom. The van der Waals surface area contributed by atoms with Gasteiger partial charge in [0.25, 0.3) is 0 Å². The van der Waals surface area contributed by atoms with Gasteiger partial charge in [-0.15, -0.1) is 11.3 Å². The molecule has 1 heterocycles. The molecule has 0 fully saturated rings. The Morgan fingerprint density at radius 1 is 1.38 bits per heavy atom. The Labute approximate surface area is 97.1 Å². The molecular formula is C10H11N3O2S.